The molecule has 0 unspecified atom stereocenters. The van der Waals surface area contributed by atoms with Crippen molar-refractivity contribution in [1.29, 1.82) is 0 Å². The van der Waals surface area contributed by atoms with Crippen molar-refractivity contribution in [3.63, 3.8) is 0 Å². The van der Waals surface area contributed by atoms with E-state index in [1.165, 1.54) is 22.9 Å². The molecule has 128 valence electrons. The van der Waals surface area contributed by atoms with Crippen LogP contribution < -0.4 is 5.56 Å². The van der Waals surface area contributed by atoms with Gasteiger partial charge in [0.2, 0.25) is 5.88 Å². The normalized spacial score (nSPS) is 11.3. The van der Waals surface area contributed by atoms with Gasteiger partial charge in [-0.3, -0.25) is 19.3 Å². The topological polar surface area (TPSA) is 79.6 Å². The van der Waals surface area contributed by atoms with Crippen LogP contribution in [0.2, 0.25) is 5.02 Å². The Morgan fingerprint density at radius 2 is 2.29 bits per heavy atom. The smallest absolute Gasteiger partial charge is 0.264 e. The summed E-state index contributed by atoms with van der Waals surface area (Å²) >= 11 is 10.8. The quantitative estimate of drug-likeness (QED) is 0.465. The first kappa shape index (κ1) is 18.3. The zero-order valence-electron chi connectivity index (χ0n) is 12.8. The van der Waals surface area contributed by atoms with Gasteiger partial charge in [0.1, 0.15) is 11.4 Å². The maximum atomic E-state index is 13.3. The SMILES string of the molecule is CCOCCN=Cc1c(O)n(-c2ccc(F)c(Cl)c2)c(=S)[nH]c1=O. The summed E-state index contributed by atoms with van der Waals surface area (Å²) < 4.78 is 19.6. The highest BCUT2D eigenvalue weighted by molar-refractivity contribution is 7.71. The molecule has 2 aromatic rings. The molecule has 6 nitrogen and oxygen atoms in total. The third-order valence-corrected chi connectivity index (χ3v) is 3.65. The van der Waals surface area contributed by atoms with Crippen molar-refractivity contribution in [3.8, 4) is 11.6 Å². The first-order valence-electron chi connectivity index (χ1n) is 7.07. The van der Waals surface area contributed by atoms with Gasteiger partial charge >= 0.3 is 0 Å². The van der Waals surface area contributed by atoms with E-state index in [1.54, 1.807) is 0 Å². The Hall–Kier alpha value is -2.03. The van der Waals surface area contributed by atoms with E-state index in [-0.39, 0.29) is 15.4 Å². The molecule has 24 heavy (non-hydrogen) atoms. The molecule has 0 amide bonds. The highest BCUT2D eigenvalue weighted by Crippen LogP contribution is 2.23. The third kappa shape index (κ3) is 4.08. The van der Waals surface area contributed by atoms with Gasteiger partial charge in [0.05, 0.1) is 23.9 Å². The van der Waals surface area contributed by atoms with E-state index in [9.17, 15) is 14.3 Å². The van der Waals surface area contributed by atoms with Gasteiger partial charge in [0.15, 0.2) is 4.77 Å². The van der Waals surface area contributed by atoms with Crippen molar-refractivity contribution in [1.82, 2.24) is 9.55 Å². The van der Waals surface area contributed by atoms with E-state index < -0.39 is 17.3 Å². The summed E-state index contributed by atoms with van der Waals surface area (Å²) in [5, 5.41) is 10.3. The average molecular weight is 372 g/mol. The number of aromatic nitrogens is 2. The van der Waals surface area contributed by atoms with Gasteiger partial charge in [0.25, 0.3) is 5.56 Å². The van der Waals surface area contributed by atoms with Crippen LogP contribution in [0.25, 0.3) is 5.69 Å². The summed E-state index contributed by atoms with van der Waals surface area (Å²) in [7, 11) is 0. The molecule has 0 aliphatic heterocycles. The van der Waals surface area contributed by atoms with Gasteiger partial charge in [-0.15, -0.1) is 0 Å². The summed E-state index contributed by atoms with van der Waals surface area (Å²) in [6.45, 7) is 3.17. The van der Waals surface area contributed by atoms with Crippen LogP contribution in [0.1, 0.15) is 12.5 Å². The fourth-order valence-electron chi connectivity index (χ4n) is 1.94. The second-order valence-corrected chi connectivity index (χ2v) is 5.46. The third-order valence-electron chi connectivity index (χ3n) is 3.07. The molecule has 0 spiro atoms. The van der Waals surface area contributed by atoms with Gasteiger partial charge in [-0.1, -0.05) is 11.6 Å². The largest absolute Gasteiger partial charge is 0.494 e. The standard InChI is InChI=1S/C15H15ClFN3O3S/c1-2-23-6-5-18-8-10-13(21)19-15(24)20(14(10)22)9-3-4-12(17)11(16)7-9/h3-4,7-8,22H,2,5-6H2,1H3,(H,19,21,24). The predicted octanol–water partition coefficient (Wildman–Crippen LogP) is 2.85. The van der Waals surface area contributed by atoms with E-state index >= 15 is 0 Å². The lowest BCUT2D eigenvalue weighted by atomic mass is 10.3. The lowest BCUT2D eigenvalue weighted by molar-refractivity contribution is 0.156. The maximum absolute atomic E-state index is 13.3. The number of nitrogens with zero attached hydrogens (tertiary/aromatic N) is 2. The van der Waals surface area contributed by atoms with Crippen LogP contribution in [0.5, 0.6) is 5.88 Å². The Kier molecular flexibility index (Phi) is 6.24. The molecule has 1 aromatic carbocycles. The first-order chi connectivity index (χ1) is 11.5. The molecule has 0 saturated carbocycles. The molecule has 0 bridgehead atoms. The number of aromatic amines is 1. The van der Waals surface area contributed by atoms with Gasteiger partial charge in [0, 0.05) is 12.8 Å². The fraction of sp³-hybridized carbons (Fsp3) is 0.267. The van der Waals surface area contributed by atoms with Crippen molar-refractivity contribution in [2.75, 3.05) is 19.8 Å². The monoisotopic (exact) mass is 371 g/mol. The van der Waals surface area contributed by atoms with Crippen molar-refractivity contribution in [2.24, 2.45) is 4.99 Å². The summed E-state index contributed by atoms with van der Waals surface area (Å²) in [4.78, 5) is 18.5. The van der Waals surface area contributed by atoms with E-state index in [4.69, 9.17) is 28.6 Å². The van der Waals surface area contributed by atoms with Crippen LogP contribution in [0.4, 0.5) is 4.39 Å². The summed E-state index contributed by atoms with van der Waals surface area (Å²) in [5.41, 5.74) is -0.341. The number of nitrogens with one attached hydrogen (secondary N) is 1. The maximum Gasteiger partial charge on any atom is 0.264 e. The van der Waals surface area contributed by atoms with Gasteiger partial charge in [-0.25, -0.2) is 4.39 Å². The van der Waals surface area contributed by atoms with Crippen LogP contribution in [-0.4, -0.2) is 40.6 Å². The van der Waals surface area contributed by atoms with Gasteiger partial charge < -0.3 is 9.84 Å². The minimum Gasteiger partial charge on any atom is -0.494 e. The van der Waals surface area contributed by atoms with Gasteiger partial charge in [-0.05, 0) is 37.3 Å². The number of rotatable bonds is 6. The highest BCUT2D eigenvalue weighted by Gasteiger charge is 2.13. The van der Waals surface area contributed by atoms with E-state index in [2.05, 4.69) is 9.98 Å². The molecule has 9 heteroatoms. The van der Waals surface area contributed by atoms with Crippen molar-refractivity contribution >= 4 is 30.0 Å². The molecule has 0 atom stereocenters. The lowest BCUT2D eigenvalue weighted by Gasteiger charge is -2.11. The molecule has 0 saturated heterocycles. The Balaban J connectivity index is 2.46. The number of benzene rings is 1. The summed E-state index contributed by atoms with van der Waals surface area (Å²) in [5.74, 6) is -1.01. The van der Waals surface area contributed by atoms with E-state index in [0.29, 0.717) is 25.4 Å². The Bertz CT molecular complexity index is 879. The molecule has 0 radical (unpaired) electrons. The summed E-state index contributed by atoms with van der Waals surface area (Å²) in [6.07, 6.45) is 1.24. The fourth-order valence-corrected chi connectivity index (χ4v) is 2.40. The van der Waals surface area contributed by atoms with Crippen LogP contribution >= 0.6 is 23.8 Å². The number of hydrogen-bond donors (Lipinski definition) is 2. The summed E-state index contributed by atoms with van der Waals surface area (Å²) in [6, 6.07) is 3.81. The first-order valence-corrected chi connectivity index (χ1v) is 7.85. The number of hydrogen-bond acceptors (Lipinski definition) is 5. The minimum atomic E-state index is -0.603. The molecule has 0 aliphatic carbocycles. The van der Waals surface area contributed by atoms with Gasteiger partial charge in [-0.2, -0.15) is 0 Å². The Labute approximate surface area is 147 Å². The molecule has 0 aliphatic rings. The average Bonchev–Trinajstić information content (AvgIpc) is 2.53. The Morgan fingerprint density at radius 3 is 2.96 bits per heavy atom. The van der Waals surface area contributed by atoms with Crippen LogP contribution in [0.3, 0.4) is 0 Å². The number of H-pyrrole nitrogens is 1. The second kappa shape index (κ2) is 8.18. The van der Waals surface area contributed by atoms with Crippen LogP contribution in [0, 0.1) is 10.6 Å². The minimum absolute atomic E-state index is 0.0494. The highest BCUT2D eigenvalue weighted by atomic mass is 35.5. The molecule has 1 aromatic heterocycles. The number of halogens is 2. The van der Waals surface area contributed by atoms with Crippen LogP contribution in [-0.2, 0) is 4.74 Å². The second-order valence-electron chi connectivity index (χ2n) is 4.66. The Morgan fingerprint density at radius 1 is 1.54 bits per heavy atom. The number of aliphatic imine (C=N–C) groups is 1. The molecule has 0 fully saturated rings. The molecular formula is C15H15ClFN3O3S. The molecule has 2 N–H and O–H groups in total. The number of ether oxygens (including phenoxy) is 1. The van der Waals surface area contributed by atoms with Crippen molar-refractivity contribution in [3.05, 3.63) is 49.7 Å². The van der Waals surface area contributed by atoms with Crippen molar-refractivity contribution < 1.29 is 14.2 Å². The molecule has 2 rings (SSSR count). The van der Waals surface area contributed by atoms with E-state index in [0.717, 1.165) is 6.07 Å². The zero-order chi connectivity index (χ0) is 17.7. The van der Waals surface area contributed by atoms with E-state index in [1.807, 2.05) is 6.92 Å². The predicted molar refractivity (Wildman–Crippen MR) is 92.8 cm³/mol. The van der Waals surface area contributed by atoms with Crippen molar-refractivity contribution in [2.45, 2.75) is 6.92 Å². The molecular weight excluding hydrogens is 357 g/mol. The van der Waals surface area contributed by atoms with Crippen LogP contribution in [0.15, 0.2) is 28.0 Å². The lowest BCUT2D eigenvalue weighted by Crippen LogP contribution is -2.18. The zero-order valence-corrected chi connectivity index (χ0v) is 14.3. The molecule has 1 heterocycles. The number of aromatic hydroxyl groups is 1.